The largest absolute Gasteiger partial charge is 0.378 e. The first-order valence-electron chi connectivity index (χ1n) is 7.29. The van der Waals surface area contributed by atoms with Crippen molar-refractivity contribution in [2.24, 2.45) is 5.73 Å². The van der Waals surface area contributed by atoms with Gasteiger partial charge in [-0.05, 0) is 12.0 Å². The van der Waals surface area contributed by atoms with Crippen LogP contribution in [0.3, 0.4) is 0 Å². The van der Waals surface area contributed by atoms with Gasteiger partial charge in [0.1, 0.15) is 0 Å². The van der Waals surface area contributed by atoms with Gasteiger partial charge in [-0.2, -0.15) is 0 Å². The van der Waals surface area contributed by atoms with E-state index >= 15 is 0 Å². The van der Waals surface area contributed by atoms with E-state index < -0.39 is 0 Å². The van der Waals surface area contributed by atoms with Crippen molar-refractivity contribution in [3.63, 3.8) is 0 Å². The molecule has 0 saturated carbocycles. The van der Waals surface area contributed by atoms with E-state index in [1.165, 1.54) is 12.0 Å². The molecule has 2 aromatic rings. The molecule has 4 nitrogen and oxygen atoms in total. The summed E-state index contributed by atoms with van der Waals surface area (Å²) in [5.41, 5.74) is 8.22. The van der Waals surface area contributed by atoms with Gasteiger partial charge < -0.3 is 15.4 Å². The minimum atomic E-state index is 0.534. The topological polar surface area (TPSA) is 51.4 Å². The Morgan fingerprint density at radius 3 is 2.90 bits per heavy atom. The quantitative estimate of drug-likeness (QED) is 0.923. The summed E-state index contributed by atoms with van der Waals surface area (Å²) in [6, 6.07) is 10.7. The predicted molar refractivity (Wildman–Crippen MR) is 86.7 cm³/mol. The molecule has 21 heavy (non-hydrogen) atoms. The summed E-state index contributed by atoms with van der Waals surface area (Å²) in [7, 11) is 1.70. The van der Waals surface area contributed by atoms with Crippen LogP contribution in [0.2, 0.25) is 0 Å². The number of thiazole rings is 1. The third kappa shape index (κ3) is 3.10. The van der Waals surface area contributed by atoms with Gasteiger partial charge in [-0.3, -0.25) is 0 Å². The maximum Gasteiger partial charge on any atom is 0.185 e. The van der Waals surface area contributed by atoms with Crippen LogP contribution in [0.4, 0.5) is 5.13 Å². The molecule has 112 valence electrons. The lowest BCUT2D eigenvalue weighted by Crippen LogP contribution is -2.19. The molecule has 1 aliphatic heterocycles. The van der Waals surface area contributed by atoms with Crippen LogP contribution in [-0.4, -0.2) is 25.2 Å². The second-order valence-electron chi connectivity index (χ2n) is 5.35. The van der Waals surface area contributed by atoms with Gasteiger partial charge >= 0.3 is 0 Å². The molecule has 0 bridgehead atoms. The maximum absolute atomic E-state index is 5.81. The van der Waals surface area contributed by atoms with Crippen LogP contribution in [0.1, 0.15) is 28.5 Å². The fraction of sp³-hybridized carbons (Fsp3) is 0.438. The maximum atomic E-state index is 5.81. The summed E-state index contributed by atoms with van der Waals surface area (Å²) < 4.78 is 5.21. The van der Waals surface area contributed by atoms with E-state index in [2.05, 4.69) is 35.2 Å². The summed E-state index contributed by atoms with van der Waals surface area (Å²) in [5, 5.41) is 1.08. The van der Waals surface area contributed by atoms with Gasteiger partial charge in [-0.25, -0.2) is 4.98 Å². The van der Waals surface area contributed by atoms with Crippen LogP contribution in [0.25, 0.3) is 0 Å². The van der Waals surface area contributed by atoms with Crippen molar-refractivity contribution >= 4 is 16.5 Å². The van der Waals surface area contributed by atoms with Crippen LogP contribution >= 0.6 is 11.3 Å². The molecule has 2 N–H and O–H groups in total. The van der Waals surface area contributed by atoms with Gasteiger partial charge in [0.25, 0.3) is 0 Å². The predicted octanol–water partition coefficient (Wildman–Crippen LogP) is 2.74. The Labute approximate surface area is 129 Å². The van der Waals surface area contributed by atoms with E-state index in [9.17, 15) is 0 Å². The van der Waals surface area contributed by atoms with E-state index in [1.807, 2.05) is 0 Å². The number of ether oxygens (including phenoxy) is 1. The molecule has 2 heterocycles. The number of benzene rings is 1. The van der Waals surface area contributed by atoms with E-state index in [-0.39, 0.29) is 0 Å². The first-order valence-corrected chi connectivity index (χ1v) is 8.11. The molecule has 1 aliphatic rings. The Balaban J connectivity index is 1.74. The zero-order valence-corrected chi connectivity index (χ0v) is 13.1. The summed E-state index contributed by atoms with van der Waals surface area (Å²) >= 11 is 1.70. The lowest BCUT2D eigenvalue weighted by molar-refractivity contribution is 0.181. The van der Waals surface area contributed by atoms with Crippen molar-refractivity contribution in [3.8, 4) is 0 Å². The zero-order valence-electron chi connectivity index (χ0n) is 12.3. The second-order valence-corrected chi connectivity index (χ2v) is 6.41. The minimum Gasteiger partial charge on any atom is -0.378 e. The van der Waals surface area contributed by atoms with E-state index in [1.54, 1.807) is 18.4 Å². The second kappa shape index (κ2) is 6.56. The Morgan fingerprint density at radius 2 is 2.19 bits per heavy atom. The monoisotopic (exact) mass is 303 g/mol. The number of anilines is 1. The van der Waals surface area contributed by atoms with Gasteiger partial charge in [0, 0.05) is 37.5 Å². The Bertz CT molecular complexity index is 584. The smallest absolute Gasteiger partial charge is 0.185 e. The Hall–Kier alpha value is -1.43. The van der Waals surface area contributed by atoms with Gasteiger partial charge in [0.2, 0.25) is 0 Å². The molecule has 1 aromatic carbocycles. The van der Waals surface area contributed by atoms with Crippen molar-refractivity contribution < 1.29 is 4.74 Å². The molecule has 0 radical (unpaired) electrons. The zero-order chi connectivity index (χ0) is 14.7. The molecule has 0 spiro atoms. The first kappa shape index (κ1) is 14.5. The SMILES string of the molecule is COCc1nc(N2CCC(c3ccccc3)C2)sc1CN. The molecule has 1 unspecified atom stereocenters. The average molecular weight is 303 g/mol. The van der Waals surface area contributed by atoms with Crippen LogP contribution < -0.4 is 10.6 Å². The third-order valence-electron chi connectivity index (χ3n) is 3.96. The van der Waals surface area contributed by atoms with Crippen molar-refractivity contribution in [3.05, 3.63) is 46.5 Å². The Morgan fingerprint density at radius 1 is 1.38 bits per heavy atom. The van der Waals surface area contributed by atoms with Gasteiger partial charge in [0.15, 0.2) is 5.13 Å². The molecule has 1 saturated heterocycles. The molecule has 1 aromatic heterocycles. The molecule has 3 rings (SSSR count). The highest BCUT2D eigenvalue weighted by Crippen LogP contribution is 2.34. The number of hydrogen-bond donors (Lipinski definition) is 1. The van der Waals surface area contributed by atoms with Crippen molar-refractivity contribution in [2.45, 2.75) is 25.5 Å². The molecule has 5 heteroatoms. The summed E-state index contributed by atoms with van der Waals surface area (Å²) in [6.07, 6.45) is 1.18. The average Bonchev–Trinajstić information content (AvgIpc) is 3.15. The Kier molecular flexibility index (Phi) is 4.53. The van der Waals surface area contributed by atoms with Crippen molar-refractivity contribution in [1.29, 1.82) is 0 Å². The van der Waals surface area contributed by atoms with Crippen LogP contribution in [0.15, 0.2) is 30.3 Å². The van der Waals surface area contributed by atoms with Crippen LogP contribution in [0, 0.1) is 0 Å². The summed E-state index contributed by atoms with van der Waals surface area (Å²) in [5.74, 6) is 0.599. The number of methoxy groups -OCH3 is 1. The van der Waals surface area contributed by atoms with Crippen molar-refractivity contribution in [2.75, 3.05) is 25.1 Å². The van der Waals surface area contributed by atoms with Gasteiger partial charge in [-0.1, -0.05) is 30.3 Å². The summed E-state index contributed by atoms with van der Waals surface area (Å²) in [4.78, 5) is 8.23. The third-order valence-corrected chi connectivity index (χ3v) is 5.14. The van der Waals surface area contributed by atoms with Crippen LogP contribution in [-0.2, 0) is 17.9 Å². The fourth-order valence-electron chi connectivity index (χ4n) is 2.85. The molecule has 1 atom stereocenters. The molecule has 1 fully saturated rings. The van der Waals surface area contributed by atoms with E-state index in [4.69, 9.17) is 15.5 Å². The normalized spacial score (nSPS) is 18.4. The fourth-order valence-corrected chi connectivity index (χ4v) is 3.82. The minimum absolute atomic E-state index is 0.534. The number of nitrogens with two attached hydrogens (primary N) is 1. The first-order chi connectivity index (χ1) is 10.3. The molecule has 0 aliphatic carbocycles. The van der Waals surface area contributed by atoms with E-state index in [0.717, 1.165) is 28.8 Å². The number of hydrogen-bond acceptors (Lipinski definition) is 5. The van der Waals surface area contributed by atoms with Gasteiger partial charge in [-0.15, -0.1) is 11.3 Å². The standard InChI is InChI=1S/C16H21N3OS/c1-20-11-14-15(9-17)21-16(18-14)19-8-7-13(10-19)12-5-3-2-4-6-12/h2-6,13H,7-11,17H2,1H3. The molecule has 0 amide bonds. The highest BCUT2D eigenvalue weighted by molar-refractivity contribution is 7.15. The highest BCUT2D eigenvalue weighted by Gasteiger charge is 2.26. The lowest BCUT2D eigenvalue weighted by atomic mass is 9.99. The van der Waals surface area contributed by atoms with E-state index in [0.29, 0.717) is 19.1 Å². The highest BCUT2D eigenvalue weighted by atomic mass is 32.1. The number of aromatic nitrogens is 1. The lowest BCUT2D eigenvalue weighted by Gasteiger charge is -2.15. The van der Waals surface area contributed by atoms with Crippen LogP contribution in [0.5, 0.6) is 0 Å². The van der Waals surface area contributed by atoms with Crippen molar-refractivity contribution in [1.82, 2.24) is 4.98 Å². The molecular weight excluding hydrogens is 282 g/mol. The summed E-state index contributed by atoms with van der Waals surface area (Å²) in [6.45, 7) is 3.17. The van der Waals surface area contributed by atoms with Gasteiger partial charge in [0.05, 0.1) is 12.3 Å². The number of rotatable bonds is 5. The number of nitrogens with zero attached hydrogens (tertiary/aromatic N) is 2. The molecular formula is C16H21N3OS.